The summed E-state index contributed by atoms with van der Waals surface area (Å²) in [6, 6.07) is 17.1. The Morgan fingerprint density at radius 1 is 0.974 bits per heavy atom. The topological polar surface area (TPSA) is 105 Å². The van der Waals surface area contributed by atoms with Crippen molar-refractivity contribution in [2.24, 2.45) is 0 Å². The molecule has 0 bridgehead atoms. The van der Waals surface area contributed by atoms with Gasteiger partial charge in [0.2, 0.25) is 11.8 Å². The van der Waals surface area contributed by atoms with E-state index in [2.05, 4.69) is 5.32 Å². The number of hydrogen-bond acceptors (Lipinski definition) is 6. The van der Waals surface area contributed by atoms with Crippen LogP contribution in [0.15, 0.2) is 77.7 Å². The SMILES string of the molecule is CCNC(=O)[C@@H](C)N(Cc1ccccc1F)C(=O)CN(c1cc(OC)ccc1OC)S(=O)(=O)c1ccccc1. The summed E-state index contributed by atoms with van der Waals surface area (Å²) in [4.78, 5) is 27.7. The number of likely N-dealkylation sites (N-methyl/N-ethyl adjacent to an activating group) is 1. The predicted molar refractivity (Wildman–Crippen MR) is 146 cm³/mol. The first-order valence-electron chi connectivity index (χ1n) is 12.2. The van der Waals surface area contributed by atoms with Crippen LogP contribution in [0.5, 0.6) is 11.5 Å². The van der Waals surface area contributed by atoms with Crippen LogP contribution in [0.3, 0.4) is 0 Å². The molecule has 1 N–H and O–H groups in total. The van der Waals surface area contributed by atoms with E-state index in [1.54, 1.807) is 37.3 Å². The number of carbonyl (C=O) groups excluding carboxylic acids is 2. The van der Waals surface area contributed by atoms with Crippen molar-refractivity contribution in [2.45, 2.75) is 31.3 Å². The fourth-order valence-electron chi connectivity index (χ4n) is 3.94. The molecule has 39 heavy (non-hydrogen) atoms. The summed E-state index contributed by atoms with van der Waals surface area (Å²) in [5.74, 6) is -1.22. The number of sulfonamides is 1. The molecule has 3 rings (SSSR count). The third-order valence-corrected chi connectivity index (χ3v) is 7.86. The molecule has 0 unspecified atom stereocenters. The number of rotatable bonds is 12. The van der Waals surface area contributed by atoms with Gasteiger partial charge in [-0.3, -0.25) is 13.9 Å². The van der Waals surface area contributed by atoms with Gasteiger partial charge in [0.1, 0.15) is 29.9 Å². The van der Waals surface area contributed by atoms with Crippen LogP contribution in [0, 0.1) is 5.82 Å². The van der Waals surface area contributed by atoms with E-state index in [9.17, 15) is 22.4 Å². The quantitative estimate of drug-likeness (QED) is 0.365. The van der Waals surface area contributed by atoms with Gasteiger partial charge in [-0.1, -0.05) is 36.4 Å². The van der Waals surface area contributed by atoms with Crippen molar-refractivity contribution in [2.75, 3.05) is 31.6 Å². The molecule has 0 heterocycles. The second kappa shape index (κ2) is 13.1. The maximum absolute atomic E-state index is 14.6. The Bertz CT molecular complexity index is 1400. The van der Waals surface area contributed by atoms with Crippen molar-refractivity contribution in [3.63, 3.8) is 0 Å². The van der Waals surface area contributed by atoms with Gasteiger partial charge in [-0.2, -0.15) is 0 Å². The largest absolute Gasteiger partial charge is 0.497 e. The van der Waals surface area contributed by atoms with E-state index in [-0.39, 0.29) is 28.4 Å². The number of hydrogen-bond donors (Lipinski definition) is 1. The summed E-state index contributed by atoms with van der Waals surface area (Å²) in [5, 5.41) is 2.66. The Balaban J connectivity index is 2.12. The summed E-state index contributed by atoms with van der Waals surface area (Å²) in [5.41, 5.74) is 0.240. The highest BCUT2D eigenvalue weighted by molar-refractivity contribution is 7.92. The van der Waals surface area contributed by atoms with Gasteiger partial charge in [0.05, 0.1) is 24.8 Å². The van der Waals surface area contributed by atoms with Crippen LogP contribution >= 0.6 is 0 Å². The van der Waals surface area contributed by atoms with E-state index in [4.69, 9.17) is 9.47 Å². The molecule has 0 spiro atoms. The van der Waals surface area contributed by atoms with Crippen LogP contribution in [0.4, 0.5) is 10.1 Å². The Morgan fingerprint density at radius 2 is 1.64 bits per heavy atom. The first-order chi connectivity index (χ1) is 18.6. The zero-order valence-electron chi connectivity index (χ0n) is 22.3. The third kappa shape index (κ3) is 6.85. The molecule has 1 atom stereocenters. The van der Waals surface area contributed by atoms with Gasteiger partial charge in [0, 0.05) is 24.7 Å². The maximum Gasteiger partial charge on any atom is 0.264 e. The summed E-state index contributed by atoms with van der Waals surface area (Å²) >= 11 is 0. The number of nitrogens with zero attached hydrogens (tertiary/aromatic N) is 2. The zero-order chi connectivity index (χ0) is 28.6. The highest BCUT2D eigenvalue weighted by atomic mass is 32.2. The van der Waals surface area contributed by atoms with Gasteiger partial charge in [-0.15, -0.1) is 0 Å². The molecule has 208 valence electrons. The highest BCUT2D eigenvalue weighted by Gasteiger charge is 2.34. The van der Waals surface area contributed by atoms with Crippen molar-refractivity contribution >= 4 is 27.5 Å². The monoisotopic (exact) mass is 557 g/mol. The molecule has 11 heteroatoms. The predicted octanol–water partition coefficient (Wildman–Crippen LogP) is 3.59. The molecular formula is C28H32FN3O6S. The van der Waals surface area contributed by atoms with Crippen molar-refractivity contribution < 1.29 is 31.9 Å². The number of halogens is 1. The van der Waals surface area contributed by atoms with Gasteiger partial charge in [0.15, 0.2) is 0 Å². The van der Waals surface area contributed by atoms with Gasteiger partial charge in [-0.05, 0) is 44.2 Å². The van der Waals surface area contributed by atoms with Crippen molar-refractivity contribution in [3.8, 4) is 11.5 Å². The van der Waals surface area contributed by atoms with Crippen LogP contribution in [0.2, 0.25) is 0 Å². The lowest BCUT2D eigenvalue weighted by Gasteiger charge is -2.32. The third-order valence-electron chi connectivity index (χ3n) is 6.08. The number of methoxy groups -OCH3 is 2. The zero-order valence-corrected chi connectivity index (χ0v) is 23.1. The van der Waals surface area contributed by atoms with Crippen LogP contribution in [-0.4, -0.2) is 58.5 Å². The van der Waals surface area contributed by atoms with Crippen molar-refractivity contribution in [1.29, 1.82) is 0 Å². The average molecular weight is 558 g/mol. The lowest BCUT2D eigenvalue weighted by Crippen LogP contribution is -2.51. The van der Waals surface area contributed by atoms with Crippen molar-refractivity contribution in [1.82, 2.24) is 10.2 Å². The number of nitrogens with one attached hydrogen (secondary N) is 1. The lowest BCUT2D eigenvalue weighted by molar-refractivity contribution is -0.139. The number of carbonyl (C=O) groups is 2. The number of benzene rings is 3. The number of anilines is 1. The Kier molecular flexibility index (Phi) is 9.89. The molecule has 0 aromatic heterocycles. The van der Waals surface area contributed by atoms with Gasteiger partial charge >= 0.3 is 0 Å². The minimum Gasteiger partial charge on any atom is -0.497 e. The molecule has 0 aliphatic carbocycles. The van der Waals surface area contributed by atoms with Crippen LogP contribution in [0.25, 0.3) is 0 Å². The van der Waals surface area contributed by atoms with E-state index >= 15 is 0 Å². The summed E-state index contributed by atoms with van der Waals surface area (Å²) in [7, 11) is -1.50. The molecule has 0 radical (unpaired) electrons. The van der Waals surface area contributed by atoms with Crippen LogP contribution in [0.1, 0.15) is 19.4 Å². The molecule has 3 aromatic rings. The maximum atomic E-state index is 14.6. The van der Waals surface area contributed by atoms with Gasteiger partial charge in [-0.25, -0.2) is 12.8 Å². The summed E-state index contributed by atoms with van der Waals surface area (Å²) < 4.78 is 54.0. The second-order valence-electron chi connectivity index (χ2n) is 8.55. The first kappa shape index (κ1) is 29.4. The lowest BCUT2D eigenvalue weighted by atomic mass is 10.1. The highest BCUT2D eigenvalue weighted by Crippen LogP contribution is 2.36. The molecule has 9 nitrogen and oxygen atoms in total. The Hall–Kier alpha value is -4.12. The number of ether oxygens (including phenoxy) is 2. The fourth-order valence-corrected chi connectivity index (χ4v) is 5.38. The fraction of sp³-hybridized carbons (Fsp3) is 0.286. The van der Waals surface area contributed by atoms with E-state index in [0.29, 0.717) is 12.3 Å². The van der Waals surface area contributed by atoms with Crippen LogP contribution in [-0.2, 0) is 26.2 Å². The number of amides is 2. The van der Waals surface area contributed by atoms with E-state index in [0.717, 1.165) is 9.21 Å². The van der Waals surface area contributed by atoms with E-state index < -0.39 is 40.2 Å². The molecule has 0 fully saturated rings. The van der Waals surface area contributed by atoms with E-state index in [1.165, 1.54) is 63.6 Å². The van der Waals surface area contributed by atoms with Gasteiger partial charge < -0.3 is 19.7 Å². The van der Waals surface area contributed by atoms with Crippen LogP contribution < -0.4 is 19.1 Å². The van der Waals surface area contributed by atoms with Crippen molar-refractivity contribution in [3.05, 3.63) is 84.2 Å². The molecule has 0 saturated carbocycles. The molecule has 0 aliphatic heterocycles. The normalized spacial score (nSPS) is 11.8. The standard InChI is InChI=1S/C28H32FN3O6S/c1-5-30-28(34)20(2)31(18-21-11-9-10-14-24(21)29)27(33)19-32(39(35,36)23-12-7-6-8-13-23)25-17-22(37-3)15-16-26(25)38-4/h6-17,20H,5,18-19H2,1-4H3,(H,30,34)/t20-/m1/s1. The smallest absolute Gasteiger partial charge is 0.264 e. The Labute approximate surface area is 228 Å². The first-order valence-corrected chi connectivity index (χ1v) is 13.7. The average Bonchev–Trinajstić information content (AvgIpc) is 2.95. The molecule has 0 saturated heterocycles. The Morgan fingerprint density at radius 3 is 2.26 bits per heavy atom. The summed E-state index contributed by atoms with van der Waals surface area (Å²) in [6.45, 7) is 2.61. The second-order valence-corrected chi connectivity index (χ2v) is 10.4. The molecule has 2 amide bonds. The molecular weight excluding hydrogens is 525 g/mol. The minimum absolute atomic E-state index is 0.0555. The summed E-state index contributed by atoms with van der Waals surface area (Å²) in [6.07, 6.45) is 0. The molecule has 3 aromatic carbocycles. The minimum atomic E-state index is -4.30. The van der Waals surface area contributed by atoms with Gasteiger partial charge in [0.25, 0.3) is 10.0 Å². The van der Waals surface area contributed by atoms with E-state index in [1.807, 2.05) is 0 Å². The molecule has 0 aliphatic rings.